The number of piperidine rings is 1. The van der Waals surface area contributed by atoms with Crippen molar-refractivity contribution in [3.8, 4) is 11.1 Å². The molecule has 27 heavy (non-hydrogen) atoms. The molecule has 3 aromatic heterocycles. The second-order valence-electron chi connectivity index (χ2n) is 6.71. The number of aromatic amines is 1. The van der Waals surface area contributed by atoms with E-state index in [0.717, 1.165) is 57.4 Å². The molecule has 0 saturated carbocycles. The highest BCUT2D eigenvalue weighted by Crippen LogP contribution is 2.42. The number of thiophene rings is 1. The van der Waals surface area contributed by atoms with Crippen LogP contribution < -0.4 is 4.90 Å². The van der Waals surface area contributed by atoms with Crippen molar-refractivity contribution in [1.82, 2.24) is 19.9 Å². The van der Waals surface area contributed by atoms with Crippen LogP contribution in [0.15, 0.2) is 48.4 Å². The standard InChI is InChI=1S/C20H18ClN5S/c21-14-6-4-13(5-7-14)15-11-27-20-17(15)19(24-12-25-20)26-10-2-1-3-16(26)18-22-8-9-23-18/h4-9,11-12,16H,1-3,10H2,(H,22,23)/t16-/m1/s1. The minimum absolute atomic E-state index is 0.213. The fourth-order valence-corrected chi connectivity index (χ4v) is 4.88. The fourth-order valence-electron chi connectivity index (χ4n) is 3.85. The fraction of sp³-hybridized carbons (Fsp3) is 0.250. The number of anilines is 1. The van der Waals surface area contributed by atoms with Gasteiger partial charge in [-0.25, -0.2) is 15.0 Å². The topological polar surface area (TPSA) is 57.7 Å². The summed E-state index contributed by atoms with van der Waals surface area (Å²) in [4.78, 5) is 20.4. The molecule has 0 bridgehead atoms. The average molecular weight is 396 g/mol. The lowest BCUT2D eigenvalue weighted by Crippen LogP contribution is -2.34. The number of imidazole rings is 1. The number of hydrogen-bond donors (Lipinski definition) is 1. The average Bonchev–Trinajstić information content (AvgIpc) is 3.39. The van der Waals surface area contributed by atoms with Crippen LogP contribution in [-0.4, -0.2) is 26.5 Å². The highest BCUT2D eigenvalue weighted by molar-refractivity contribution is 7.17. The molecule has 0 amide bonds. The molecule has 1 aromatic carbocycles. The number of nitrogens with zero attached hydrogens (tertiary/aromatic N) is 4. The molecule has 136 valence electrons. The van der Waals surface area contributed by atoms with E-state index in [1.54, 1.807) is 17.7 Å². The Morgan fingerprint density at radius 2 is 2.00 bits per heavy atom. The second-order valence-corrected chi connectivity index (χ2v) is 8.01. The van der Waals surface area contributed by atoms with E-state index in [9.17, 15) is 0 Å². The molecular weight excluding hydrogens is 378 g/mol. The van der Waals surface area contributed by atoms with E-state index in [1.807, 2.05) is 24.5 Å². The van der Waals surface area contributed by atoms with Gasteiger partial charge in [0.1, 0.15) is 22.8 Å². The van der Waals surface area contributed by atoms with Crippen molar-refractivity contribution in [1.29, 1.82) is 0 Å². The third kappa shape index (κ3) is 2.99. The molecule has 0 unspecified atom stereocenters. The van der Waals surface area contributed by atoms with Gasteiger partial charge >= 0.3 is 0 Å². The molecule has 1 saturated heterocycles. The van der Waals surface area contributed by atoms with Crippen molar-refractivity contribution in [2.45, 2.75) is 25.3 Å². The smallest absolute Gasteiger partial charge is 0.142 e. The molecule has 1 atom stereocenters. The molecule has 5 rings (SSSR count). The van der Waals surface area contributed by atoms with Crippen LogP contribution in [0, 0.1) is 0 Å². The zero-order chi connectivity index (χ0) is 18.2. The summed E-state index contributed by atoms with van der Waals surface area (Å²) in [7, 11) is 0. The van der Waals surface area contributed by atoms with Crippen LogP contribution in [-0.2, 0) is 0 Å². The predicted molar refractivity (Wildman–Crippen MR) is 110 cm³/mol. The zero-order valence-corrected chi connectivity index (χ0v) is 16.2. The van der Waals surface area contributed by atoms with Gasteiger partial charge in [-0.15, -0.1) is 11.3 Å². The van der Waals surface area contributed by atoms with Crippen molar-refractivity contribution < 1.29 is 0 Å². The molecule has 5 nitrogen and oxygen atoms in total. The third-order valence-electron chi connectivity index (χ3n) is 5.12. The van der Waals surface area contributed by atoms with E-state index in [-0.39, 0.29) is 6.04 Å². The molecule has 0 aliphatic carbocycles. The second kappa shape index (κ2) is 6.94. The van der Waals surface area contributed by atoms with Crippen LogP contribution in [0.2, 0.25) is 5.02 Å². The van der Waals surface area contributed by atoms with Crippen LogP contribution in [0.4, 0.5) is 5.82 Å². The molecule has 7 heteroatoms. The first-order valence-electron chi connectivity index (χ1n) is 9.05. The molecular formula is C20H18ClN5S. The van der Waals surface area contributed by atoms with Gasteiger partial charge in [-0.2, -0.15) is 0 Å². The van der Waals surface area contributed by atoms with Crippen molar-refractivity contribution >= 4 is 39.0 Å². The van der Waals surface area contributed by atoms with Crippen LogP contribution in [0.25, 0.3) is 21.3 Å². The van der Waals surface area contributed by atoms with E-state index in [4.69, 9.17) is 16.6 Å². The van der Waals surface area contributed by atoms with Crippen molar-refractivity contribution in [3.63, 3.8) is 0 Å². The van der Waals surface area contributed by atoms with E-state index >= 15 is 0 Å². The molecule has 0 radical (unpaired) electrons. The van der Waals surface area contributed by atoms with Crippen LogP contribution in [0.1, 0.15) is 31.1 Å². The summed E-state index contributed by atoms with van der Waals surface area (Å²) in [6, 6.07) is 8.18. The van der Waals surface area contributed by atoms with Gasteiger partial charge in [0.05, 0.1) is 11.4 Å². The highest BCUT2D eigenvalue weighted by atomic mass is 35.5. The van der Waals surface area contributed by atoms with Gasteiger partial charge in [0, 0.05) is 34.9 Å². The van der Waals surface area contributed by atoms with E-state index in [2.05, 4.69) is 37.4 Å². The number of H-pyrrole nitrogens is 1. The summed E-state index contributed by atoms with van der Waals surface area (Å²) >= 11 is 7.74. The minimum atomic E-state index is 0.213. The van der Waals surface area contributed by atoms with Gasteiger partial charge in [0.2, 0.25) is 0 Å². The number of rotatable bonds is 3. The van der Waals surface area contributed by atoms with Crippen LogP contribution in [0.5, 0.6) is 0 Å². The van der Waals surface area contributed by atoms with E-state index in [1.165, 1.54) is 6.42 Å². The summed E-state index contributed by atoms with van der Waals surface area (Å²) in [6.07, 6.45) is 8.81. The Bertz CT molecular complexity index is 1060. The van der Waals surface area contributed by atoms with E-state index in [0.29, 0.717) is 0 Å². The van der Waals surface area contributed by atoms with Gasteiger partial charge < -0.3 is 9.88 Å². The van der Waals surface area contributed by atoms with Gasteiger partial charge in [0.15, 0.2) is 0 Å². The summed E-state index contributed by atoms with van der Waals surface area (Å²) in [5, 5.41) is 4.02. The first-order chi connectivity index (χ1) is 13.3. The first-order valence-corrected chi connectivity index (χ1v) is 10.3. The Morgan fingerprint density at radius 1 is 1.11 bits per heavy atom. The Kier molecular flexibility index (Phi) is 4.30. The van der Waals surface area contributed by atoms with Crippen molar-refractivity contribution in [2.24, 2.45) is 0 Å². The number of benzene rings is 1. The largest absolute Gasteiger partial charge is 0.347 e. The van der Waals surface area contributed by atoms with Crippen LogP contribution >= 0.6 is 22.9 Å². The lowest BCUT2D eigenvalue weighted by Gasteiger charge is -2.35. The third-order valence-corrected chi connectivity index (χ3v) is 6.25. The Balaban J connectivity index is 1.66. The first kappa shape index (κ1) is 16.7. The number of aromatic nitrogens is 4. The maximum absolute atomic E-state index is 6.08. The van der Waals surface area contributed by atoms with Crippen LogP contribution in [0.3, 0.4) is 0 Å². The number of halogens is 1. The zero-order valence-electron chi connectivity index (χ0n) is 14.6. The number of fused-ring (bicyclic) bond motifs is 1. The molecule has 1 fully saturated rings. The quantitative estimate of drug-likeness (QED) is 0.500. The molecule has 1 aliphatic rings. The maximum Gasteiger partial charge on any atom is 0.142 e. The lowest BCUT2D eigenvalue weighted by atomic mass is 10.00. The predicted octanol–water partition coefficient (Wildman–Crippen LogP) is 5.47. The summed E-state index contributed by atoms with van der Waals surface area (Å²) in [6.45, 7) is 0.966. The molecule has 1 aliphatic heterocycles. The Hall–Kier alpha value is -2.44. The number of hydrogen-bond acceptors (Lipinski definition) is 5. The Labute approximate surface area is 166 Å². The van der Waals surface area contributed by atoms with Gasteiger partial charge in [-0.05, 0) is 37.0 Å². The van der Waals surface area contributed by atoms with E-state index < -0.39 is 0 Å². The molecule has 4 heterocycles. The number of nitrogens with one attached hydrogen (secondary N) is 1. The molecule has 4 aromatic rings. The van der Waals surface area contributed by atoms with Crippen molar-refractivity contribution in [2.75, 3.05) is 11.4 Å². The Morgan fingerprint density at radius 3 is 2.81 bits per heavy atom. The SMILES string of the molecule is Clc1ccc(-c2csc3ncnc(N4CCCC[C@@H]4c4ncc[nH]4)c23)cc1. The van der Waals surface area contributed by atoms with Gasteiger partial charge in [-0.3, -0.25) is 0 Å². The monoisotopic (exact) mass is 395 g/mol. The minimum Gasteiger partial charge on any atom is -0.347 e. The highest BCUT2D eigenvalue weighted by Gasteiger charge is 2.29. The molecule has 0 spiro atoms. The van der Waals surface area contributed by atoms with Crippen molar-refractivity contribution in [3.05, 3.63) is 59.2 Å². The summed E-state index contributed by atoms with van der Waals surface area (Å²) < 4.78 is 0. The maximum atomic E-state index is 6.08. The lowest BCUT2D eigenvalue weighted by molar-refractivity contribution is 0.456. The summed E-state index contributed by atoms with van der Waals surface area (Å²) in [5.41, 5.74) is 2.29. The van der Waals surface area contributed by atoms with Gasteiger partial charge in [0.25, 0.3) is 0 Å². The molecule has 1 N–H and O–H groups in total. The normalized spacial score (nSPS) is 17.5. The van der Waals surface area contributed by atoms with Gasteiger partial charge in [-0.1, -0.05) is 23.7 Å². The summed E-state index contributed by atoms with van der Waals surface area (Å²) in [5.74, 6) is 2.00.